The molecule has 1 aromatic rings. The minimum Gasteiger partial charge on any atom is -0.481 e. The van der Waals surface area contributed by atoms with Crippen LogP contribution in [0.4, 0.5) is 8.78 Å². The second-order valence-electron chi connectivity index (χ2n) is 5.97. The fourth-order valence-electron chi connectivity index (χ4n) is 2.51. The first-order chi connectivity index (χ1) is 12.6. The number of nitrogens with one attached hydrogen (secondary N) is 1. The molecular formula is C16H20BF2NO7. The quantitative estimate of drug-likeness (QED) is 0.548. The molecule has 11 heteroatoms. The highest BCUT2D eigenvalue weighted by molar-refractivity contribution is 6.45. The van der Waals surface area contributed by atoms with Crippen LogP contribution in [0.1, 0.15) is 31.7 Å². The van der Waals surface area contributed by atoms with Crippen molar-refractivity contribution in [1.82, 2.24) is 5.32 Å². The molecule has 0 aromatic heterocycles. The lowest BCUT2D eigenvalue weighted by Crippen LogP contribution is -2.53. The predicted molar refractivity (Wildman–Crippen MR) is 89.6 cm³/mol. The fraction of sp³-hybridized carbons (Fsp3) is 0.438. The number of rotatable bonds is 5. The van der Waals surface area contributed by atoms with Crippen LogP contribution in [-0.2, 0) is 25.5 Å². The van der Waals surface area contributed by atoms with Crippen LogP contribution in [0, 0.1) is 11.6 Å². The van der Waals surface area contributed by atoms with Crippen LogP contribution in [0.15, 0.2) is 18.2 Å². The van der Waals surface area contributed by atoms with E-state index >= 15 is 0 Å². The van der Waals surface area contributed by atoms with Gasteiger partial charge in [0.15, 0.2) is 0 Å². The maximum absolute atomic E-state index is 13.1. The van der Waals surface area contributed by atoms with Gasteiger partial charge in [-0.15, -0.1) is 0 Å². The summed E-state index contributed by atoms with van der Waals surface area (Å²) in [6.45, 7) is 1.08. The number of benzene rings is 1. The molecule has 0 bridgehead atoms. The lowest BCUT2D eigenvalue weighted by molar-refractivity contribution is -0.139. The molecule has 1 fully saturated rings. The maximum atomic E-state index is 13.1. The average molecular weight is 387 g/mol. The van der Waals surface area contributed by atoms with E-state index in [4.69, 9.17) is 19.7 Å². The van der Waals surface area contributed by atoms with Crippen molar-refractivity contribution in [2.24, 2.45) is 0 Å². The molecule has 27 heavy (non-hydrogen) atoms. The molecule has 1 amide bonds. The third-order valence-corrected chi connectivity index (χ3v) is 3.51. The van der Waals surface area contributed by atoms with Crippen molar-refractivity contribution in [2.75, 3.05) is 0 Å². The minimum atomic E-state index is -1.32. The van der Waals surface area contributed by atoms with Gasteiger partial charge in [-0.2, -0.15) is 0 Å². The summed E-state index contributed by atoms with van der Waals surface area (Å²) in [6, 6.07) is 2.82. The number of hydrogen-bond donors (Lipinski definition) is 4. The van der Waals surface area contributed by atoms with E-state index in [0.717, 1.165) is 19.1 Å². The molecule has 0 spiro atoms. The standard InChI is InChI=1S/C14H16BF2NO5.C2H4O2/c16-9-3-8(4-10(17)6-9)5-13(19)18-12-2-1-11(7-14(20)21)23-15(12)22;1-2(3)4/h3-4,6,11-12,22H,1-2,5,7H2,(H,18,19)(H,20,21);1H3,(H,3,4)/t11-,12-;/m0./s1. The zero-order valence-electron chi connectivity index (χ0n) is 14.5. The van der Waals surface area contributed by atoms with Crippen LogP contribution < -0.4 is 5.32 Å². The monoisotopic (exact) mass is 387 g/mol. The number of carbonyl (C=O) groups is 3. The number of amides is 1. The van der Waals surface area contributed by atoms with E-state index in [-0.39, 0.29) is 18.4 Å². The van der Waals surface area contributed by atoms with Gasteiger partial charge in [-0.05, 0) is 30.5 Å². The van der Waals surface area contributed by atoms with Crippen molar-refractivity contribution in [2.45, 2.75) is 44.7 Å². The number of halogens is 2. The van der Waals surface area contributed by atoms with Crippen LogP contribution in [0.2, 0.25) is 0 Å². The summed E-state index contributed by atoms with van der Waals surface area (Å²) < 4.78 is 31.3. The van der Waals surface area contributed by atoms with E-state index in [0.29, 0.717) is 18.9 Å². The first kappa shape index (κ1) is 22.5. The summed E-state index contributed by atoms with van der Waals surface area (Å²) >= 11 is 0. The van der Waals surface area contributed by atoms with Crippen LogP contribution >= 0.6 is 0 Å². The van der Waals surface area contributed by atoms with Crippen molar-refractivity contribution >= 4 is 25.0 Å². The zero-order valence-corrected chi connectivity index (χ0v) is 14.5. The number of carbonyl (C=O) groups excluding carboxylic acids is 1. The molecule has 1 aromatic carbocycles. The van der Waals surface area contributed by atoms with Gasteiger partial charge < -0.3 is 25.2 Å². The fourth-order valence-corrected chi connectivity index (χ4v) is 2.51. The van der Waals surface area contributed by atoms with Gasteiger partial charge in [-0.3, -0.25) is 14.4 Å². The highest BCUT2D eigenvalue weighted by atomic mass is 19.1. The summed E-state index contributed by atoms with van der Waals surface area (Å²) in [5.41, 5.74) is 0.176. The van der Waals surface area contributed by atoms with E-state index in [1.54, 1.807) is 0 Å². The molecule has 1 aliphatic rings. The molecule has 1 heterocycles. The highest BCUT2D eigenvalue weighted by Crippen LogP contribution is 2.19. The first-order valence-electron chi connectivity index (χ1n) is 8.06. The largest absolute Gasteiger partial charge is 0.481 e. The highest BCUT2D eigenvalue weighted by Gasteiger charge is 2.36. The average Bonchev–Trinajstić information content (AvgIpc) is 2.47. The maximum Gasteiger partial charge on any atom is 0.478 e. The molecular weight excluding hydrogens is 367 g/mol. The van der Waals surface area contributed by atoms with Crippen LogP contribution in [0.5, 0.6) is 0 Å². The van der Waals surface area contributed by atoms with Gasteiger partial charge in [0, 0.05) is 13.0 Å². The van der Waals surface area contributed by atoms with Gasteiger partial charge >= 0.3 is 13.1 Å². The molecule has 4 N–H and O–H groups in total. The second kappa shape index (κ2) is 10.6. The number of carboxylic acids is 2. The molecule has 8 nitrogen and oxygen atoms in total. The molecule has 0 unspecified atom stereocenters. The number of aliphatic carboxylic acids is 2. The van der Waals surface area contributed by atoms with Crippen LogP contribution in [0.3, 0.4) is 0 Å². The molecule has 0 saturated carbocycles. The Balaban J connectivity index is 0.000000828. The number of hydrogen-bond acceptors (Lipinski definition) is 5. The third kappa shape index (κ3) is 9.11. The summed E-state index contributed by atoms with van der Waals surface area (Å²) in [5.74, 6) is -4.61. The Labute approximate surface area is 154 Å². The Bertz CT molecular complexity index is 664. The van der Waals surface area contributed by atoms with Gasteiger partial charge in [-0.25, -0.2) is 8.78 Å². The zero-order chi connectivity index (χ0) is 20.6. The Morgan fingerprint density at radius 2 is 1.74 bits per heavy atom. The second-order valence-corrected chi connectivity index (χ2v) is 5.97. The van der Waals surface area contributed by atoms with Crippen molar-refractivity contribution in [3.8, 4) is 0 Å². The summed E-state index contributed by atoms with van der Waals surface area (Å²) in [6.07, 6.45) is -0.338. The molecule has 1 saturated heterocycles. The van der Waals surface area contributed by atoms with Crippen LogP contribution in [0.25, 0.3) is 0 Å². The third-order valence-electron chi connectivity index (χ3n) is 3.51. The Morgan fingerprint density at radius 1 is 1.19 bits per heavy atom. The lowest BCUT2D eigenvalue weighted by atomic mass is 9.72. The predicted octanol–water partition coefficient (Wildman–Crippen LogP) is 0.756. The van der Waals surface area contributed by atoms with E-state index in [1.165, 1.54) is 0 Å². The van der Waals surface area contributed by atoms with Gasteiger partial charge in [0.2, 0.25) is 5.91 Å². The van der Waals surface area contributed by atoms with E-state index in [1.807, 2.05) is 0 Å². The molecule has 148 valence electrons. The van der Waals surface area contributed by atoms with E-state index in [9.17, 15) is 23.4 Å². The molecule has 1 aliphatic heterocycles. The minimum absolute atomic E-state index is 0.176. The van der Waals surface area contributed by atoms with Gasteiger partial charge in [0.05, 0.1) is 24.9 Å². The smallest absolute Gasteiger partial charge is 0.478 e. The van der Waals surface area contributed by atoms with Crippen LogP contribution in [-0.4, -0.2) is 52.2 Å². The van der Waals surface area contributed by atoms with Gasteiger partial charge in [0.25, 0.3) is 5.97 Å². The van der Waals surface area contributed by atoms with E-state index < -0.39 is 48.6 Å². The van der Waals surface area contributed by atoms with Gasteiger partial charge in [0.1, 0.15) is 11.6 Å². The normalized spacial score (nSPS) is 18.9. The topological polar surface area (TPSA) is 133 Å². The van der Waals surface area contributed by atoms with Gasteiger partial charge in [-0.1, -0.05) is 0 Å². The summed E-state index contributed by atoms with van der Waals surface area (Å²) in [5, 5.41) is 28.4. The SMILES string of the molecule is CC(=O)O.O=C(O)C[C@@H]1CC[C@H](NC(=O)Cc2cc(F)cc(F)c2)B(O)O1. The summed E-state index contributed by atoms with van der Waals surface area (Å²) in [7, 11) is -1.32. The Hall–Kier alpha value is -2.53. The van der Waals surface area contributed by atoms with Crippen molar-refractivity contribution < 1.29 is 43.1 Å². The molecule has 2 rings (SSSR count). The van der Waals surface area contributed by atoms with E-state index in [2.05, 4.69) is 5.32 Å². The summed E-state index contributed by atoms with van der Waals surface area (Å²) in [4.78, 5) is 31.5. The number of carboxylic acid groups (broad SMARTS) is 2. The molecule has 0 aliphatic carbocycles. The van der Waals surface area contributed by atoms with Crippen molar-refractivity contribution in [3.63, 3.8) is 0 Å². The van der Waals surface area contributed by atoms with Crippen molar-refractivity contribution in [3.05, 3.63) is 35.4 Å². The molecule has 0 radical (unpaired) electrons. The Morgan fingerprint density at radius 3 is 2.22 bits per heavy atom. The lowest BCUT2D eigenvalue weighted by Gasteiger charge is -2.30. The first-order valence-corrected chi connectivity index (χ1v) is 8.06. The van der Waals surface area contributed by atoms with Crippen molar-refractivity contribution in [1.29, 1.82) is 0 Å². The Kier molecular flexibility index (Phi) is 8.82. The molecule has 2 atom stereocenters.